The smallest absolute Gasteiger partial charge is 0.337 e. The van der Waals surface area contributed by atoms with Crippen LogP contribution < -0.4 is 5.73 Å². The molecular weight excluding hydrogens is 246 g/mol. The summed E-state index contributed by atoms with van der Waals surface area (Å²) < 4.78 is 0. The molecule has 0 amide bonds. The molecule has 5 nitrogen and oxygen atoms in total. The van der Waals surface area contributed by atoms with Gasteiger partial charge in [-0.25, -0.2) is 4.79 Å². The quantitative estimate of drug-likeness (QED) is 0.466. The Labute approximate surface area is 103 Å². The highest BCUT2D eigenvalue weighted by atomic mass is 35.5. The van der Waals surface area contributed by atoms with E-state index in [1.54, 1.807) is 0 Å². The summed E-state index contributed by atoms with van der Waals surface area (Å²) in [6.45, 7) is 0. The normalized spacial score (nSPS) is 14.3. The number of rotatable bonds is 5. The summed E-state index contributed by atoms with van der Waals surface area (Å²) in [6.07, 6.45) is -1.99. The van der Waals surface area contributed by atoms with Crippen molar-refractivity contribution >= 4 is 23.3 Å². The lowest BCUT2D eigenvalue weighted by atomic mass is 9.99. The highest BCUT2D eigenvalue weighted by Gasteiger charge is 2.19. The summed E-state index contributed by atoms with van der Waals surface area (Å²) in [4.78, 5) is 10.8. The van der Waals surface area contributed by atoms with Gasteiger partial charge >= 0.3 is 5.97 Å². The third-order valence-corrected chi connectivity index (χ3v) is 2.64. The largest absolute Gasteiger partial charge is 0.478 e. The van der Waals surface area contributed by atoms with E-state index >= 15 is 0 Å². The van der Waals surface area contributed by atoms with E-state index in [0.717, 1.165) is 0 Å². The highest BCUT2D eigenvalue weighted by molar-refractivity contribution is 6.17. The van der Waals surface area contributed by atoms with Gasteiger partial charge in [0.25, 0.3) is 0 Å². The van der Waals surface area contributed by atoms with Gasteiger partial charge in [-0.2, -0.15) is 0 Å². The number of nitrogens with two attached hydrogens (primary N) is 1. The van der Waals surface area contributed by atoms with Gasteiger partial charge < -0.3 is 21.1 Å². The molecule has 2 atom stereocenters. The Morgan fingerprint density at radius 1 is 1.41 bits per heavy atom. The Bertz CT molecular complexity index is 410. The molecule has 1 rings (SSSR count). The molecule has 0 aromatic heterocycles. The second-order valence-corrected chi connectivity index (χ2v) is 4.02. The van der Waals surface area contributed by atoms with Crippen LogP contribution in [0.3, 0.4) is 0 Å². The van der Waals surface area contributed by atoms with Crippen molar-refractivity contribution in [2.24, 2.45) is 0 Å². The van der Waals surface area contributed by atoms with Crippen LogP contribution in [0.4, 0.5) is 5.69 Å². The molecule has 2 unspecified atom stereocenters. The molecule has 0 bridgehead atoms. The molecule has 0 fully saturated rings. The second-order valence-electron chi connectivity index (χ2n) is 3.64. The zero-order chi connectivity index (χ0) is 13.0. The van der Waals surface area contributed by atoms with Crippen molar-refractivity contribution in [2.75, 3.05) is 11.6 Å². The number of anilines is 1. The molecule has 0 aliphatic carbocycles. The summed E-state index contributed by atoms with van der Waals surface area (Å²) in [5.41, 5.74) is 5.79. The minimum atomic E-state index is -1.18. The van der Waals surface area contributed by atoms with Crippen molar-refractivity contribution in [1.82, 2.24) is 0 Å². The van der Waals surface area contributed by atoms with Gasteiger partial charge in [0, 0.05) is 11.6 Å². The van der Waals surface area contributed by atoms with E-state index < -0.39 is 18.2 Å². The summed E-state index contributed by atoms with van der Waals surface area (Å²) >= 11 is 5.45. The van der Waals surface area contributed by atoms with Gasteiger partial charge in [-0.3, -0.25) is 0 Å². The van der Waals surface area contributed by atoms with Crippen molar-refractivity contribution in [2.45, 2.75) is 18.6 Å². The average molecular weight is 260 g/mol. The van der Waals surface area contributed by atoms with Crippen molar-refractivity contribution in [3.63, 3.8) is 0 Å². The number of aromatic carboxylic acids is 1. The zero-order valence-electron chi connectivity index (χ0n) is 9.01. The van der Waals surface area contributed by atoms with E-state index in [4.69, 9.17) is 22.4 Å². The highest BCUT2D eigenvalue weighted by Crippen LogP contribution is 2.23. The molecule has 17 heavy (non-hydrogen) atoms. The second kappa shape index (κ2) is 5.86. The molecule has 0 spiro atoms. The van der Waals surface area contributed by atoms with Gasteiger partial charge in [0.05, 0.1) is 11.7 Å². The Balaban J connectivity index is 2.99. The number of carboxylic acids is 1. The van der Waals surface area contributed by atoms with E-state index in [9.17, 15) is 15.0 Å². The van der Waals surface area contributed by atoms with Crippen LogP contribution in [0.5, 0.6) is 0 Å². The molecule has 0 radical (unpaired) electrons. The van der Waals surface area contributed by atoms with Gasteiger partial charge in [-0.05, 0) is 24.1 Å². The first-order valence-corrected chi connectivity index (χ1v) is 5.55. The van der Waals surface area contributed by atoms with E-state index in [-0.39, 0.29) is 23.6 Å². The lowest BCUT2D eigenvalue weighted by Crippen LogP contribution is -2.19. The number of alkyl halides is 1. The fourth-order valence-corrected chi connectivity index (χ4v) is 1.66. The Morgan fingerprint density at radius 2 is 2.06 bits per heavy atom. The zero-order valence-corrected chi connectivity index (χ0v) is 9.76. The molecule has 0 aliphatic heterocycles. The third kappa shape index (κ3) is 3.33. The lowest BCUT2D eigenvalue weighted by Gasteiger charge is -2.17. The minimum Gasteiger partial charge on any atom is -0.478 e. The predicted octanol–water partition coefficient (Wildman–Crippen LogP) is 0.990. The summed E-state index contributed by atoms with van der Waals surface area (Å²) in [7, 11) is 0. The standard InChI is InChI=1S/C11H14ClNO4/c12-4-3-9(14)10(15)6-1-2-8(13)7(5-6)11(16)17/h1-2,5,9-10,14-15H,3-4,13H2,(H,16,17). The fourth-order valence-electron chi connectivity index (χ4n) is 1.43. The third-order valence-electron chi connectivity index (χ3n) is 2.42. The first-order chi connectivity index (χ1) is 7.97. The number of aliphatic hydroxyl groups excluding tert-OH is 2. The molecule has 6 heteroatoms. The van der Waals surface area contributed by atoms with Gasteiger partial charge in [-0.1, -0.05) is 6.07 Å². The van der Waals surface area contributed by atoms with Crippen LogP contribution in [-0.2, 0) is 0 Å². The first kappa shape index (κ1) is 13.8. The number of nitrogen functional groups attached to an aromatic ring is 1. The van der Waals surface area contributed by atoms with E-state index in [2.05, 4.69) is 0 Å². The Morgan fingerprint density at radius 3 is 2.59 bits per heavy atom. The van der Waals surface area contributed by atoms with Crippen molar-refractivity contribution in [3.8, 4) is 0 Å². The molecule has 5 N–H and O–H groups in total. The van der Waals surface area contributed by atoms with E-state index in [1.807, 2.05) is 0 Å². The van der Waals surface area contributed by atoms with Crippen LogP contribution in [0, 0.1) is 0 Å². The topological polar surface area (TPSA) is 104 Å². The Kier molecular flexibility index (Phi) is 4.74. The molecular formula is C11H14ClNO4. The molecule has 1 aromatic carbocycles. The summed E-state index contributed by atoms with van der Waals surface area (Å²) in [5, 5.41) is 28.2. The van der Waals surface area contributed by atoms with Gasteiger partial charge in [0.2, 0.25) is 0 Å². The monoisotopic (exact) mass is 259 g/mol. The fraction of sp³-hybridized carbons (Fsp3) is 0.364. The number of hydrogen-bond acceptors (Lipinski definition) is 4. The number of carboxylic acid groups (broad SMARTS) is 1. The maximum absolute atomic E-state index is 10.8. The Hall–Kier alpha value is -1.30. The molecule has 0 saturated heterocycles. The maximum Gasteiger partial charge on any atom is 0.337 e. The lowest BCUT2D eigenvalue weighted by molar-refractivity contribution is 0.0169. The maximum atomic E-state index is 10.8. The van der Waals surface area contributed by atoms with Crippen molar-refractivity contribution in [1.29, 1.82) is 0 Å². The van der Waals surface area contributed by atoms with E-state index in [1.165, 1.54) is 18.2 Å². The number of benzene rings is 1. The van der Waals surface area contributed by atoms with Crippen LogP contribution in [0.25, 0.3) is 0 Å². The molecule has 94 valence electrons. The number of aliphatic hydroxyl groups is 2. The summed E-state index contributed by atoms with van der Waals surface area (Å²) in [6, 6.07) is 4.11. The number of carbonyl (C=O) groups is 1. The molecule has 0 saturated carbocycles. The van der Waals surface area contributed by atoms with Crippen LogP contribution in [0.2, 0.25) is 0 Å². The molecule has 0 heterocycles. The van der Waals surface area contributed by atoms with Crippen molar-refractivity contribution in [3.05, 3.63) is 29.3 Å². The van der Waals surface area contributed by atoms with Crippen LogP contribution in [-0.4, -0.2) is 33.3 Å². The summed E-state index contributed by atoms with van der Waals surface area (Å²) in [5.74, 6) is -0.970. The molecule has 0 aliphatic rings. The van der Waals surface area contributed by atoms with Crippen LogP contribution in [0.15, 0.2) is 18.2 Å². The first-order valence-electron chi connectivity index (χ1n) is 5.02. The SMILES string of the molecule is Nc1ccc(C(O)C(O)CCCl)cc1C(=O)O. The van der Waals surface area contributed by atoms with Crippen LogP contribution in [0.1, 0.15) is 28.4 Å². The minimum absolute atomic E-state index is 0.0976. The number of hydrogen-bond donors (Lipinski definition) is 4. The average Bonchev–Trinajstić information content (AvgIpc) is 2.28. The van der Waals surface area contributed by atoms with Crippen LogP contribution >= 0.6 is 11.6 Å². The van der Waals surface area contributed by atoms with Crippen molar-refractivity contribution < 1.29 is 20.1 Å². The van der Waals surface area contributed by atoms with Gasteiger partial charge in [-0.15, -0.1) is 11.6 Å². The predicted molar refractivity (Wildman–Crippen MR) is 64.1 cm³/mol. The van der Waals surface area contributed by atoms with Gasteiger partial charge in [0.1, 0.15) is 6.10 Å². The van der Waals surface area contributed by atoms with Gasteiger partial charge in [0.15, 0.2) is 0 Å². The van der Waals surface area contributed by atoms with E-state index in [0.29, 0.717) is 5.56 Å². The molecule has 1 aromatic rings. The number of halogens is 1.